The zero-order valence-corrected chi connectivity index (χ0v) is 22.5. The van der Waals surface area contributed by atoms with E-state index >= 15 is 0 Å². The highest BCUT2D eigenvalue weighted by Gasteiger charge is 2.18. The van der Waals surface area contributed by atoms with Crippen LogP contribution >= 0.6 is 0 Å². The molecule has 0 fully saturated rings. The summed E-state index contributed by atoms with van der Waals surface area (Å²) in [6.07, 6.45) is 6.68. The van der Waals surface area contributed by atoms with Crippen molar-refractivity contribution in [2.75, 3.05) is 28.2 Å². The van der Waals surface area contributed by atoms with E-state index in [-0.39, 0.29) is 0 Å². The highest BCUT2D eigenvalue weighted by molar-refractivity contribution is 5.91. The number of hydrogen-bond acceptors (Lipinski definition) is 6. The van der Waals surface area contributed by atoms with Gasteiger partial charge in [0.15, 0.2) is 12.5 Å². The van der Waals surface area contributed by atoms with Crippen LogP contribution in [0.25, 0.3) is 21.8 Å². The van der Waals surface area contributed by atoms with E-state index in [1.54, 1.807) is 0 Å². The molecular weight excluding hydrogens is 480 g/mol. The topological polar surface area (TPSA) is 68.9 Å². The number of hydrogen-bond donors (Lipinski definition) is 0. The van der Waals surface area contributed by atoms with Crippen LogP contribution in [-0.4, -0.2) is 71.5 Å². The zero-order chi connectivity index (χ0) is 27.1. The van der Waals surface area contributed by atoms with Crippen LogP contribution in [0.4, 0.5) is 0 Å². The molecule has 4 aromatic rings. The van der Waals surface area contributed by atoms with Crippen molar-refractivity contribution in [3.63, 3.8) is 0 Å². The van der Waals surface area contributed by atoms with Crippen LogP contribution < -0.4 is 0 Å². The second-order valence-electron chi connectivity index (χ2n) is 9.76. The fourth-order valence-electron chi connectivity index (χ4n) is 4.50. The van der Waals surface area contributed by atoms with Crippen LogP contribution in [0.3, 0.4) is 0 Å². The maximum Gasteiger partial charge on any atom is 0.332 e. The predicted molar refractivity (Wildman–Crippen MR) is 149 cm³/mol. The molecule has 38 heavy (non-hydrogen) atoms. The first kappa shape index (κ1) is 27.2. The lowest BCUT2D eigenvalue weighted by atomic mass is 10.2. The summed E-state index contributed by atoms with van der Waals surface area (Å²) in [5, 5.41) is 2.34. The van der Waals surface area contributed by atoms with Crippen molar-refractivity contribution in [2.45, 2.75) is 38.4 Å². The summed E-state index contributed by atoms with van der Waals surface area (Å²) in [5.41, 5.74) is 2.28. The van der Waals surface area contributed by atoms with Crippen LogP contribution in [0.1, 0.15) is 12.8 Å². The minimum absolute atomic E-state index is 0.435. The van der Waals surface area contributed by atoms with Crippen molar-refractivity contribution in [1.82, 2.24) is 18.9 Å². The van der Waals surface area contributed by atoms with Crippen molar-refractivity contribution in [3.05, 3.63) is 85.2 Å². The molecule has 0 aliphatic heterocycles. The number of carbonyl (C=O) groups excluding carboxylic acids is 2. The normalized spacial score (nSPS) is 13.5. The molecule has 2 unspecified atom stereocenters. The van der Waals surface area contributed by atoms with Crippen LogP contribution in [0.15, 0.2) is 85.2 Å². The Balaban J connectivity index is 1.28. The summed E-state index contributed by atoms with van der Waals surface area (Å²) in [7, 11) is 7.44. The van der Waals surface area contributed by atoms with Gasteiger partial charge in [-0.3, -0.25) is 9.80 Å². The molecule has 0 saturated carbocycles. The Hall–Kier alpha value is -3.88. The molecule has 2 heterocycles. The van der Waals surface area contributed by atoms with Crippen LogP contribution in [-0.2, 0) is 32.2 Å². The van der Waals surface area contributed by atoms with Gasteiger partial charge < -0.3 is 18.6 Å². The lowest BCUT2D eigenvalue weighted by Gasteiger charge is -2.24. The average molecular weight is 517 g/mol. The number of fused-ring (bicyclic) bond motifs is 2. The van der Waals surface area contributed by atoms with Crippen molar-refractivity contribution < 1.29 is 19.1 Å². The van der Waals surface area contributed by atoms with Gasteiger partial charge in [0.25, 0.3) is 0 Å². The first-order valence-electron chi connectivity index (χ1n) is 12.8. The third-order valence-electron chi connectivity index (χ3n) is 6.61. The molecule has 8 nitrogen and oxygen atoms in total. The van der Waals surface area contributed by atoms with E-state index in [4.69, 9.17) is 9.47 Å². The molecule has 200 valence electrons. The number of carbonyl (C=O) groups is 2. The second-order valence-corrected chi connectivity index (χ2v) is 9.76. The smallest absolute Gasteiger partial charge is 0.332 e. The molecule has 0 saturated heterocycles. The predicted octanol–water partition coefficient (Wildman–Crippen LogP) is 4.49. The SMILES string of the molecule is CN(C)C(CCn1ccc2ccccc21)OC(=O)/C=C/C(=O)OC(CCn1ccc2ccccc21)N(C)C. The van der Waals surface area contributed by atoms with Gasteiger partial charge in [0.1, 0.15) is 0 Å². The number of rotatable bonds is 12. The van der Waals surface area contributed by atoms with Gasteiger partial charge in [-0.05, 0) is 63.2 Å². The number of aromatic nitrogens is 2. The van der Waals surface area contributed by atoms with E-state index in [0.717, 1.165) is 23.2 Å². The van der Waals surface area contributed by atoms with Crippen LogP contribution in [0, 0.1) is 0 Å². The Kier molecular flexibility index (Phi) is 8.99. The van der Waals surface area contributed by atoms with Crippen LogP contribution in [0.5, 0.6) is 0 Å². The molecule has 8 heteroatoms. The van der Waals surface area contributed by atoms with E-state index in [1.807, 2.05) is 74.6 Å². The third-order valence-corrected chi connectivity index (χ3v) is 6.61. The third kappa shape index (κ3) is 6.90. The monoisotopic (exact) mass is 516 g/mol. The molecule has 0 bridgehead atoms. The van der Waals surface area contributed by atoms with Gasteiger partial charge in [0, 0.05) is 61.5 Å². The highest BCUT2D eigenvalue weighted by atomic mass is 16.6. The minimum atomic E-state index is -0.585. The largest absolute Gasteiger partial charge is 0.443 e. The summed E-state index contributed by atoms with van der Waals surface area (Å²) in [6.45, 7) is 1.38. The lowest BCUT2D eigenvalue weighted by Crippen LogP contribution is -2.34. The highest BCUT2D eigenvalue weighted by Crippen LogP contribution is 2.18. The van der Waals surface area contributed by atoms with Gasteiger partial charge in [0.2, 0.25) is 0 Å². The number of aryl methyl sites for hydroxylation is 2. The molecular formula is C30H36N4O4. The van der Waals surface area contributed by atoms with Gasteiger partial charge >= 0.3 is 11.9 Å². The first-order valence-corrected chi connectivity index (χ1v) is 12.8. The molecule has 0 amide bonds. The van der Waals surface area contributed by atoms with Crippen molar-refractivity contribution >= 4 is 33.7 Å². The van der Waals surface area contributed by atoms with E-state index in [2.05, 4.69) is 45.5 Å². The van der Waals surface area contributed by atoms with Gasteiger partial charge in [0.05, 0.1) is 0 Å². The van der Waals surface area contributed by atoms with Crippen molar-refractivity contribution in [2.24, 2.45) is 0 Å². The van der Waals surface area contributed by atoms with E-state index < -0.39 is 24.4 Å². The van der Waals surface area contributed by atoms with Crippen molar-refractivity contribution in [1.29, 1.82) is 0 Å². The number of benzene rings is 2. The summed E-state index contributed by atoms with van der Waals surface area (Å²) in [5.74, 6) is -1.17. The number of nitrogens with zero attached hydrogens (tertiary/aromatic N) is 4. The summed E-state index contributed by atoms with van der Waals surface area (Å²) in [4.78, 5) is 28.7. The molecule has 0 N–H and O–H groups in total. The molecule has 0 aliphatic carbocycles. The molecule has 0 aliphatic rings. The fraction of sp³-hybridized carbons (Fsp3) is 0.333. The van der Waals surface area contributed by atoms with E-state index in [0.29, 0.717) is 25.9 Å². The minimum Gasteiger partial charge on any atom is -0.443 e. The second kappa shape index (κ2) is 12.6. The average Bonchev–Trinajstić information content (AvgIpc) is 3.51. The Morgan fingerprint density at radius 3 is 1.47 bits per heavy atom. The molecule has 2 atom stereocenters. The Labute approximate surface area is 223 Å². The van der Waals surface area contributed by atoms with Crippen LogP contribution in [0.2, 0.25) is 0 Å². The molecule has 4 rings (SSSR count). The van der Waals surface area contributed by atoms with Crippen molar-refractivity contribution in [3.8, 4) is 0 Å². The fourth-order valence-corrected chi connectivity index (χ4v) is 4.50. The Morgan fingerprint density at radius 1 is 0.684 bits per heavy atom. The molecule has 0 radical (unpaired) electrons. The van der Waals surface area contributed by atoms with Gasteiger partial charge in [-0.15, -0.1) is 0 Å². The van der Waals surface area contributed by atoms with Gasteiger partial charge in [-0.1, -0.05) is 36.4 Å². The van der Waals surface area contributed by atoms with E-state index in [1.165, 1.54) is 10.8 Å². The summed E-state index contributed by atoms with van der Waals surface area (Å²) >= 11 is 0. The maximum absolute atomic E-state index is 12.5. The molecule has 2 aromatic carbocycles. The quantitative estimate of drug-likeness (QED) is 0.157. The number of ether oxygens (including phenoxy) is 2. The lowest BCUT2D eigenvalue weighted by molar-refractivity contribution is -0.154. The number of esters is 2. The standard InChI is InChI=1S/C30H36N4O4/c1-31(2)27(17-21-33-19-15-23-9-5-7-11-25(23)33)37-29(35)13-14-30(36)38-28(32(3)4)18-22-34-20-16-24-10-6-8-12-26(24)34/h5-16,19-20,27-28H,17-18,21-22H2,1-4H3/b14-13+. The zero-order valence-electron chi connectivity index (χ0n) is 22.5. The first-order chi connectivity index (χ1) is 18.3. The maximum atomic E-state index is 12.5. The van der Waals surface area contributed by atoms with Gasteiger partial charge in [-0.25, -0.2) is 9.59 Å². The molecule has 0 spiro atoms. The van der Waals surface area contributed by atoms with Gasteiger partial charge in [-0.2, -0.15) is 0 Å². The number of para-hydroxylation sites is 2. The summed E-state index contributed by atoms with van der Waals surface area (Å²) in [6, 6.07) is 20.5. The Bertz CT molecular complexity index is 1300. The Morgan fingerprint density at radius 2 is 1.08 bits per heavy atom. The summed E-state index contributed by atoms with van der Waals surface area (Å²) < 4.78 is 15.5. The molecule has 2 aromatic heterocycles. The van der Waals surface area contributed by atoms with E-state index in [9.17, 15) is 9.59 Å².